The highest BCUT2D eigenvalue weighted by molar-refractivity contribution is 7.66. The number of halogens is 1. The van der Waals surface area contributed by atoms with Crippen molar-refractivity contribution in [3.8, 4) is 12.3 Å². The van der Waals surface area contributed by atoms with Crippen molar-refractivity contribution in [3.63, 3.8) is 0 Å². The topological polar surface area (TPSA) is 293 Å². The summed E-state index contributed by atoms with van der Waals surface area (Å²) in [4.78, 5) is 56.2. The monoisotopic (exact) mass is 567 g/mol. The molecule has 8 atom stereocenters. The van der Waals surface area contributed by atoms with Crippen molar-refractivity contribution in [1.82, 2.24) is 10.2 Å². The van der Waals surface area contributed by atoms with Crippen LogP contribution in [0.2, 0.25) is 0 Å². The van der Waals surface area contributed by atoms with Gasteiger partial charge < -0.3 is 45.2 Å². The minimum Gasteiger partial charge on any atom is -0.383 e. The lowest BCUT2D eigenvalue weighted by molar-refractivity contribution is -0.209. The summed E-state index contributed by atoms with van der Waals surface area (Å²) >= 11 is 0. The van der Waals surface area contributed by atoms with Crippen molar-refractivity contribution in [3.05, 3.63) is 0 Å². The minimum atomic E-state index is -5.92. The number of aliphatic imine (C=N–C) groups is 2. The molecule has 3 heterocycles. The first-order valence-electron chi connectivity index (χ1n) is 8.81. The molecule has 0 aromatic heterocycles. The van der Waals surface area contributed by atoms with Gasteiger partial charge in [0.2, 0.25) is 5.60 Å². The summed E-state index contributed by atoms with van der Waals surface area (Å²) < 4.78 is 65.4. The smallest absolute Gasteiger partial charge is 0.383 e. The molecule has 0 bridgehead atoms. The first kappa shape index (κ1) is 27.8. The van der Waals surface area contributed by atoms with Gasteiger partial charge in [-0.3, -0.25) is 19.6 Å². The van der Waals surface area contributed by atoms with Gasteiger partial charge in [0, 0.05) is 0 Å². The number of aliphatic hydroxyl groups is 2. The number of alkyl halides is 1. The van der Waals surface area contributed by atoms with E-state index in [4.69, 9.17) is 31.6 Å². The molecule has 196 valence electrons. The summed E-state index contributed by atoms with van der Waals surface area (Å²) in [6.07, 6.45) is 0.0637. The van der Waals surface area contributed by atoms with Crippen molar-refractivity contribution in [2.24, 2.45) is 15.7 Å². The number of phosphoric ester groups is 1. The predicted octanol–water partition coefficient (Wildman–Crippen LogP) is -3.44. The molecule has 0 aliphatic carbocycles. The van der Waals surface area contributed by atoms with E-state index in [1.165, 1.54) is 0 Å². The second-order valence-electron chi connectivity index (χ2n) is 7.07. The number of ether oxygens (including phenoxy) is 1. The molecule has 0 radical (unpaired) electrons. The highest BCUT2D eigenvalue weighted by Crippen LogP contribution is 2.66. The van der Waals surface area contributed by atoms with Gasteiger partial charge in [-0.05, 0) is 0 Å². The normalized spacial score (nSPS) is 38.2. The Balaban J connectivity index is 1.80. The molecule has 3 rings (SSSR count). The highest BCUT2D eigenvalue weighted by Gasteiger charge is 2.67. The summed E-state index contributed by atoms with van der Waals surface area (Å²) in [5.41, 5.74) is 2.56. The van der Waals surface area contributed by atoms with Gasteiger partial charge in [-0.25, -0.2) is 23.1 Å². The van der Waals surface area contributed by atoms with Crippen molar-refractivity contribution >= 4 is 41.7 Å². The van der Waals surface area contributed by atoms with Crippen molar-refractivity contribution in [2.45, 2.75) is 36.0 Å². The van der Waals surface area contributed by atoms with Gasteiger partial charge in [-0.1, -0.05) is 5.92 Å². The third-order valence-electron chi connectivity index (χ3n) is 4.59. The van der Waals surface area contributed by atoms with E-state index in [-0.39, 0.29) is 5.96 Å². The Labute approximate surface area is 193 Å². The van der Waals surface area contributed by atoms with Gasteiger partial charge in [0.1, 0.15) is 6.61 Å². The second-order valence-corrected chi connectivity index (χ2v) is 11.5. The number of rotatable bonds is 8. The molecule has 3 aliphatic rings. The standard InChI is InChI=1S/C12H17FN5O14P3/c1-2-11(21)8(20)12(13,3-29-34(25,26)32-35(27,28)31-33(22,23)24)30-9(11)18-4-15-5-6(18)16-10(14)17-7(5)19/h1,4-6,8-9,20-21H,3H2,(H,25,26)(H,27,28)(H2,22,23,24)(H3,14,16,17,19)/t5?,6?,8-,9+,11+,12+/m0/s1. The zero-order valence-corrected chi connectivity index (χ0v) is 19.4. The number of amides is 1. The van der Waals surface area contributed by atoms with E-state index < -0.39 is 72.0 Å². The quantitative estimate of drug-likeness (QED) is 0.105. The number of hydrogen-bond acceptors (Lipinski definition) is 14. The maximum absolute atomic E-state index is 15.5. The van der Waals surface area contributed by atoms with Crippen LogP contribution in [-0.4, -0.2) is 95.5 Å². The van der Waals surface area contributed by atoms with Crippen molar-refractivity contribution < 1.29 is 70.5 Å². The molecule has 9 N–H and O–H groups in total. The van der Waals surface area contributed by atoms with Crippen molar-refractivity contribution in [1.29, 1.82) is 0 Å². The molecule has 0 aromatic carbocycles. The Hall–Kier alpha value is -1.81. The van der Waals surface area contributed by atoms with Crippen LogP contribution in [0.25, 0.3) is 0 Å². The summed E-state index contributed by atoms with van der Waals surface area (Å²) in [6.45, 7) is -1.80. The molecular weight excluding hydrogens is 550 g/mol. The molecule has 1 amide bonds. The molecule has 1 fully saturated rings. The zero-order valence-electron chi connectivity index (χ0n) is 16.8. The first-order chi connectivity index (χ1) is 15.8. The molecule has 1 saturated heterocycles. The molecule has 3 aliphatic heterocycles. The Kier molecular flexibility index (Phi) is 7.09. The van der Waals surface area contributed by atoms with Gasteiger partial charge in [-0.2, -0.15) is 8.62 Å². The van der Waals surface area contributed by atoms with E-state index in [0.29, 0.717) is 0 Å². The van der Waals surface area contributed by atoms with Gasteiger partial charge in [-0.15, -0.1) is 6.42 Å². The third kappa shape index (κ3) is 5.63. The third-order valence-corrected chi connectivity index (χ3v) is 8.37. The number of phosphoric acid groups is 3. The van der Waals surface area contributed by atoms with E-state index in [9.17, 15) is 33.6 Å². The van der Waals surface area contributed by atoms with Gasteiger partial charge in [0.15, 0.2) is 30.5 Å². The van der Waals surface area contributed by atoms with Crippen molar-refractivity contribution in [2.75, 3.05) is 6.61 Å². The van der Waals surface area contributed by atoms with Crippen LogP contribution in [0.4, 0.5) is 4.39 Å². The summed E-state index contributed by atoms with van der Waals surface area (Å²) in [5, 5.41) is 23.3. The molecule has 4 unspecified atom stereocenters. The lowest BCUT2D eigenvalue weighted by Crippen LogP contribution is -2.60. The fraction of sp³-hybridized carbons (Fsp3) is 0.583. The zero-order chi connectivity index (χ0) is 26.6. The Morgan fingerprint density at radius 3 is 2.49 bits per heavy atom. The largest absolute Gasteiger partial charge is 0.490 e. The molecule has 23 heteroatoms. The molecule has 0 saturated carbocycles. The molecule has 35 heavy (non-hydrogen) atoms. The molecule has 0 aromatic rings. The second kappa shape index (κ2) is 8.94. The molecular formula is C12H17FN5O14P3. The highest BCUT2D eigenvalue weighted by atomic mass is 31.3. The lowest BCUT2D eigenvalue weighted by atomic mass is 9.93. The first-order valence-corrected chi connectivity index (χ1v) is 13.3. The number of fused-ring (bicyclic) bond motifs is 1. The number of aliphatic hydroxyl groups excluding tert-OH is 1. The van der Waals surface area contributed by atoms with Gasteiger partial charge in [0.25, 0.3) is 11.8 Å². The average Bonchev–Trinajstić information content (AvgIpc) is 3.18. The molecule has 19 nitrogen and oxygen atoms in total. The van der Waals surface area contributed by atoms with Crippen LogP contribution in [0.3, 0.4) is 0 Å². The number of nitrogens with zero attached hydrogens (tertiary/aromatic N) is 3. The number of terminal acetylenes is 1. The Bertz CT molecular complexity index is 1160. The van der Waals surface area contributed by atoms with Crippen LogP contribution in [0, 0.1) is 12.3 Å². The fourth-order valence-electron chi connectivity index (χ4n) is 3.20. The summed E-state index contributed by atoms with van der Waals surface area (Å²) in [7, 11) is -17.4. The van der Waals surface area contributed by atoms with Gasteiger partial charge in [0.05, 0.1) is 6.34 Å². The Morgan fingerprint density at radius 2 is 1.91 bits per heavy atom. The number of nitrogens with two attached hydrogens (primary N) is 1. The van der Waals surface area contributed by atoms with Crippen LogP contribution >= 0.6 is 23.5 Å². The van der Waals surface area contributed by atoms with Crippen LogP contribution in [-0.2, 0) is 36.4 Å². The molecule has 0 spiro atoms. The van der Waals surface area contributed by atoms with Crippen LogP contribution in [0.5, 0.6) is 0 Å². The SMILES string of the molecule is C#C[C@]1(O)[C@H](N2C=NC3C(=O)NC(N)=NC32)O[C@](F)(COP(=O)(O)OP(=O)(O)OP(=O)(O)O)[C@H]1O. The number of hydrogen-bond donors (Lipinski definition) is 8. The van der Waals surface area contributed by atoms with Crippen LogP contribution in [0.15, 0.2) is 9.98 Å². The number of carbonyl (C=O) groups excluding carboxylic acids is 1. The predicted molar refractivity (Wildman–Crippen MR) is 106 cm³/mol. The van der Waals surface area contributed by atoms with E-state index in [1.54, 1.807) is 5.92 Å². The van der Waals surface area contributed by atoms with E-state index >= 15 is 4.39 Å². The fourth-order valence-corrected chi connectivity index (χ4v) is 6.23. The van der Waals surface area contributed by atoms with E-state index in [0.717, 1.165) is 11.2 Å². The summed E-state index contributed by atoms with van der Waals surface area (Å²) in [6, 6.07) is -1.23. The minimum absolute atomic E-state index is 0.367. The Morgan fingerprint density at radius 1 is 1.29 bits per heavy atom. The van der Waals surface area contributed by atoms with Crippen LogP contribution in [0.1, 0.15) is 0 Å². The summed E-state index contributed by atoms with van der Waals surface area (Å²) in [5.74, 6) is -3.00. The number of carbonyl (C=O) groups is 1. The van der Waals surface area contributed by atoms with Gasteiger partial charge >= 0.3 is 23.5 Å². The average molecular weight is 567 g/mol. The number of guanidine groups is 1. The number of nitrogens with one attached hydrogen (secondary N) is 1. The maximum Gasteiger partial charge on any atom is 0.490 e. The lowest BCUT2D eigenvalue weighted by Gasteiger charge is -2.35. The van der Waals surface area contributed by atoms with E-state index in [1.807, 2.05) is 0 Å². The van der Waals surface area contributed by atoms with E-state index in [2.05, 4.69) is 28.4 Å². The maximum atomic E-state index is 15.5. The van der Waals surface area contributed by atoms with Crippen LogP contribution < -0.4 is 11.1 Å².